The summed E-state index contributed by atoms with van der Waals surface area (Å²) in [6.07, 6.45) is 2.24. The van der Waals surface area contributed by atoms with E-state index in [0.29, 0.717) is 45.0 Å². The van der Waals surface area contributed by atoms with Crippen molar-refractivity contribution in [3.05, 3.63) is 47.4 Å². The van der Waals surface area contributed by atoms with Gasteiger partial charge in [-0.25, -0.2) is 9.78 Å². The highest BCUT2D eigenvalue weighted by Gasteiger charge is 2.26. The average molecular weight is 452 g/mol. The maximum Gasteiger partial charge on any atom is 0.321 e. The van der Waals surface area contributed by atoms with Crippen LogP contribution in [0.5, 0.6) is 0 Å². The Morgan fingerprint density at radius 2 is 1.82 bits per heavy atom. The molecule has 4 rings (SSSR count). The molecule has 174 valence electrons. The maximum absolute atomic E-state index is 12.7. The Balaban J connectivity index is 1.49. The van der Waals surface area contributed by atoms with Crippen LogP contribution in [0.1, 0.15) is 30.2 Å². The molecule has 0 aliphatic carbocycles. The first kappa shape index (κ1) is 22.5. The summed E-state index contributed by atoms with van der Waals surface area (Å²) in [4.78, 5) is 37.5. The van der Waals surface area contributed by atoms with E-state index in [-0.39, 0.29) is 18.4 Å². The summed E-state index contributed by atoms with van der Waals surface area (Å²) in [5.74, 6) is 1.15. The second-order valence-corrected chi connectivity index (χ2v) is 8.05. The number of urea groups is 1. The van der Waals surface area contributed by atoms with Crippen LogP contribution in [-0.2, 0) is 16.0 Å². The van der Waals surface area contributed by atoms with E-state index in [0.717, 1.165) is 28.3 Å². The van der Waals surface area contributed by atoms with Crippen LogP contribution in [0.2, 0.25) is 0 Å². The van der Waals surface area contributed by atoms with Crippen LogP contribution in [0.4, 0.5) is 16.3 Å². The molecule has 3 heterocycles. The molecule has 1 N–H and O–H groups in total. The van der Waals surface area contributed by atoms with Crippen molar-refractivity contribution >= 4 is 29.3 Å². The molecule has 0 saturated carbocycles. The van der Waals surface area contributed by atoms with Gasteiger partial charge in [0.25, 0.3) is 5.78 Å². The van der Waals surface area contributed by atoms with Crippen molar-refractivity contribution in [3.8, 4) is 0 Å². The van der Waals surface area contributed by atoms with E-state index in [9.17, 15) is 9.59 Å². The van der Waals surface area contributed by atoms with Crippen molar-refractivity contribution in [1.82, 2.24) is 24.5 Å². The largest absolute Gasteiger partial charge is 0.466 e. The SMILES string of the molecule is CCOC(=O)CCc1c(C)nc2ncnn2c1N1CCN(C(=O)Nc2ccc(C)cc2)CC1. The fourth-order valence-corrected chi connectivity index (χ4v) is 4.01. The summed E-state index contributed by atoms with van der Waals surface area (Å²) >= 11 is 0. The van der Waals surface area contributed by atoms with Crippen molar-refractivity contribution < 1.29 is 14.3 Å². The van der Waals surface area contributed by atoms with Crippen molar-refractivity contribution in [2.75, 3.05) is 43.0 Å². The molecule has 1 fully saturated rings. The third-order valence-electron chi connectivity index (χ3n) is 5.76. The lowest BCUT2D eigenvalue weighted by Gasteiger charge is -2.37. The predicted octanol–water partition coefficient (Wildman–Crippen LogP) is 2.59. The van der Waals surface area contributed by atoms with Gasteiger partial charge in [-0.05, 0) is 39.3 Å². The minimum absolute atomic E-state index is 0.113. The lowest BCUT2D eigenvalue weighted by molar-refractivity contribution is -0.143. The van der Waals surface area contributed by atoms with Gasteiger partial charge in [0.2, 0.25) is 0 Å². The number of nitrogens with zero attached hydrogens (tertiary/aromatic N) is 6. The summed E-state index contributed by atoms with van der Waals surface area (Å²) in [5, 5.41) is 7.33. The number of anilines is 2. The number of rotatable bonds is 6. The standard InChI is InChI=1S/C23H29N7O3/c1-4-33-20(31)10-9-19-17(3)26-22-24-15-25-30(22)21(19)28-11-13-29(14-12-28)23(32)27-18-7-5-16(2)6-8-18/h5-8,15H,4,9-14H2,1-3H3,(H,27,32). The Morgan fingerprint density at radius 3 is 2.52 bits per heavy atom. The lowest BCUT2D eigenvalue weighted by atomic mass is 10.1. The van der Waals surface area contributed by atoms with Crippen LogP contribution >= 0.6 is 0 Å². The summed E-state index contributed by atoms with van der Waals surface area (Å²) in [6.45, 7) is 8.48. The predicted molar refractivity (Wildman–Crippen MR) is 124 cm³/mol. The Morgan fingerprint density at radius 1 is 1.09 bits per heavy atom. The minimum atomic E-state index is -0.237. The third-order valence-corrected chi connectivity index (χ3v) is 5.76. The van der Waals surface area contributed by atoms with Crippen LogP contribution in [0.15, 0.2) is 30.6 Å². The molecule has 0 bridgehead atoms. The summed E-state index contributed by atoms with van der Waals surface area (Å²) in [5.41, 5.74) is 3.68. The number of benzene rings is 1. The fraction of sp³-hybridized carbons (Fsp3) is 0.435. The van der Waals surface area contributed by atoms with E-state index in [2.05, 4.69) is 25.3 Å². The van der Waals surface area contributed by atoms with Crippen molar-refractivity contribution in [2.24, 2.45) is 0 Å². The van der Waals surface area contributed by atoms with Gasteiger partial charge in [-0.1, -0.05) is 17.7 Å². The summed E-state index contributed by atoms with van der Waals surface area (Å²) in [6, 6.07) is 7.64. The van der Waals surface area contributed by atoms with Crippen LogP contribution in [0.3, 0.4) is 0 Å². The quantitative estimate of drug-likeness (QED) is 0.574. The molecule has 1 aliphatic heterocycles. The second-order valence-electron chi connectivity index (χ2n) is 8.05. The molecule has 2 aromatic heterocycles. The van der Waals surface area contributed by atoms with E-state index in [4.69, 9.17) is 4.74 Å². The number of carbonyl (C=O) groups excluding carboxylic acids is 2. The molecule has 1 saturated heterocycles. The van der Waals surface area contributed by atoms with Crippen LogP contribution in [0, 0.1) is 13.8 Å². The minimum Gasteiger partial charge on any atom is -0.466 e. The van der Waals surface area contributed by atoms with Crippen molar-refractivity contribution in [3.63, 3.8) is 0 Å². The topological polar surface area (TPSA) is 105 Å². The zero-order chi connectivity index (χ0) is 23.4. The van der Waals surface area contributed by atoms with E-state index < -0.39 is 0 Å². The number of fused-ring (bicyclic) bond motifs is 1. The highest BCUT2D eigenvalue weighted by Crippen LogP contribution is 2.26. The van der Waals surface area contributed by atoms with Crippen LogP contribution < -0.4 is 10.2 Å². The van der Waals surface area contributed by atoms with Gasteiger partial charge in [0.05, 0.1) is 6.61 Å². The highest BCUT2D eigenvalue weighted by molar-refractivity contribution is 5.89. The first-order valence-electron chi connectivity index (χ1n) is 11.2. The smallest absolute Gasteiger partial charge is 0.321 e. The zero-order valence-electron chi connectivity index (χ0n) is 19.2. The molecule has 3 aromatic rings. The fourth-order valence-electron chi connectivity index (χ4n) is 4.01. The van der Waals surface area contributed by atoms with E-state index in [1.165, 1.54) is 6.33 Å². The first-order valence-corrected chi connectivity index (χ1v) is 11.2. The third kappa shape index (κ3) is 5.05. The van der Waals surface area contributed by atoms with Gasteiger partial charge in [-0.2, -0.15) is 14.6 Å². The van der Waals surface area contributed by atoms with E-state index >= 15 is 0 Å². The van der Waals surface area contributed by atoms with Gasteiger partial charge in [0, 0.05) is 49.5 Å². The number of aromatic nitrogens is 4. The molecule has 1 aromatic carbocycles. The number of aryl methyl sites for hydroxylation is 2. The van der Waals surface area contributed by atoms with Gasteiger partial charge < -0.3 is 19.9 Å². The Labute approximate surface area is 192 Å². The van der Waals surface area contributed by atoms with Crippen molar-refractivity contribution in [1.29, 1.82) is 0 Å². The first-order chi connectivity index (χ1) is 16.0. The maximum atomic E-state index is 12.7. The number of hydrogen-bond donors (Lipinski definition) is 1. The molecule has 1 aliphatic rings. The summed E-state index contributed by atoms with van der Waals surface area (Å²) < 4.78 is 6.82. The van der Waals surface area contributed by atoms with Gasteiger partial charge in [0.15, 0.2) is 0 Å². The number of nitrogens with one attached hydrogen (secondary N) is 1. The molecule has 2 amide bonds. The van der Waals surface area contributed by atoms with Gasteiger partial charge in [-0.15, -0.1) is 0 Å². The Kier molecular flexibility index (Phi) is 6.71. The normalized spacial score (nSPS) is 13.9. The molecule has 0 atom stereocenters. The molecule has 0 unspecified atom stereocenters. The molecule has 10 heteroatoms. The van der Waals surface area contributed by atoms with Gasteiger partial charge >= 0.3 is 12.0 Å². The second kappa shape index (κ2) is 9.85. The zero-order valence-corrected chi connectivity index (χ0v) is 19.2. The molecule has 0 spiro atoms. The number of esters is 1. The lowest BCUT2D eigenvalue weighted by Crippen LogP contribution is -2.50. The molecule has 33 heavy (non-hydrogen) atoms. The van der Waals surface area contributed by atoms with Crippen LogP contribution in [-0.4, -0.2) is 69.3 Å². The number of amides is 2. The van der Waals surface area contributed by atoms with Crippen LogP contribution in [0.25, 0.3) is 5.78 Å². The average Bonchev–Trinajstić information content (AvgIpc) is 3.27. The van der Waals surface area contributed by atoms with Gasteiger partial charge in [-0.3, -0.25) is 4.79 Å². The monoisotopic (exact) mass is 451 g/mol. The Hall–Kier alpha value is -3.69. The number of hydrogen-bond acceptors (Lipinski definition) is 7. The number of piperazine rings is 1. The van der Waals surface area contributed by atoms with E-state index in [1.807, 2.05) is 38.1 Å². The van der Waals surface area contributed by atoms with Crippen molar-refractivity contribution in [2.45, 2.75) is 33.6 Å². The number of ether oxygens (including phenoxy) is 1. The van der Waals surface area contributed by atoms with Gasteiger partial charge in [0.1, 0.15) is 12.1 Å². The van der Waals surface area contributed by atoms with E-state index in [1.54, 1.807) is 16.3 Å². The number of carbonyl (C=O) groups is 2. The Bertz CT molecular complexity index is 1130. The molecule has 10 nitrogen and oxygen atoms in total. The molecule has 0 radical (unpaired) electrons. The molecular formula is C23H29N7O3. The highest BCUT2D eigenvalue weighted by atomic mass is 16.5. The molecular weight excluding hydrogens is 422 g/mol. The summed E-state index contributed by atoms with van der Waals surface area (Å²) in [7, 11) is 0.